The van der Waals surface area contributed by atoms with Crippen LogP contribution in [0.5, 0.6) is 0 Å². The lowest BCUT2D eigenvalue weighted by Gasteiger charge is -2.22. The summed E-state index contributed by atoms with van der Waals surface area (Å²) in [5, 5.41) is 15.2. The minimum atomic E-state index is -0.358. The molecule has 1 rings (SSSR count). The molecule has 0 unspecified atom stereocenters. The molecule has 0 amide bonds. The Morgan fingerprint density at radius 2 is 2.21 bits per heavy atom. The topological polar surface area (TPSA) is 70.6 Å². The van der Waals surface area contributed by atoms with E-state index in [1.54, 1.807) is 6.07 Å². The van der Waals surface area contributed by atoms with Gasteiger partial charge in [-0.1, -0.05) is 30.6 Å². The van der Waals surface area contributed by atoms with Crippen molar-refractivity contribution >= 4 is 23.1 Å². The van der Waals surface area contributed by atoms with E-state index in [4.69, 9.17) is 22.5 Å². The summed E-state index contributed by atoms with van der Waals surface area (Å²) in [5.41, 5.74) is 5.94. The van der Waals surface area contributed by atoms with Crippen LogP contribution in [0.1, 0.15) is 26.7 Å². The molecule has 0 radical (unpaired) electrons. The van der Waals surface area contributed by atoms with E-state index < -0.39 is 0 Å². The summed E-state index contributed by atoms with van der Waals surface area (Å²) in [5.74, 6) is -0.143. The van der Waals surface area contributed by atoms with Crippen LogP contribution in [0.4, 0.5) is 10.1 Å². The number of nitrogens with two attached hydrogens (primary N) is 1. The molecule has 0 saturated heterocycles. The summed E-state index contributed by atoms with van der Waals surface area (Å²) < 4.78 is 12.9. The average molecular weight is 288 g/mol. The molecule has 0 saturated carbocycles. The van der Waals surface area contributed by atoms with Crippen molar-refractivity contribution in [2.45, 2.75) is 26.7 Å². The van der Waals surface area contributed by atoms with Gasteiger partial charge in [-0.05, 0) is 31.0 Å². The van der Waals surface area contributed by atoms with E-state index in [9.17, 15) is 4.39 Å². The summed E-state index contributed by atoms with van der Waals surface area (Å²) in [6, 6.07) is 4.23. The molecule has 19 heavy (non-hydrogen) atoms. The smallest absolute Gasteiger partial charge is 0.144 e. The molecule has 0 aliphatic carbocycles. The Morgan fingerprint density at radius 3 is 2.79 bits per heavy atom. The first-order valence-corrected chi connectivity index (χ1v) is 6.41. The number of hydrogen-bond acceptors (Lipinski definition) is 3. The molecular weight excluding hydrogens is 269 g/mol. The summed E-state index contributed by atoms with van der Waals surface area (Å²) in [6.45, 7) is 4.49. The maximum Gasteiger partial charge on any atom is 0.144 e. The van der Waals surface area contributed by atoms with Crippen LogP contribution in [0.2, 0.25) is 5.02 Å². The molecule has 1 aromatic rings. The maximum absolute atomic E-state index is 12.9. The number of halogens is 2. The van der Waals surface area contributed by atoms with Gasteiger partial charge in [0.05, 0.1) is 10.7 Å². The fraction of sp³-hybridized carbons (Fsp3) is 0.462. The fourth-order valence-electron chi connectivity index (χ4n) is 1.65. The molecule has 6 heteroatoms. The highest BCUT2D eigenvalue weighted by Crippen LogP contribution is 2.24. The van der Waals surface area contributed by atoms with Crippen LogP contribution in [0, 0.1) is 11.2 Å². The number of benzene rings is 1. The number of anilines is 1. The Labute approximate surface area is 117 Å². The predicted octanol–water partition coefficient (Wildman–Crippen LogP) is 3.44. The second kappa shape index (κ2) is 6.61. The lowest BCUT2D eigenvalue weighted by Crippen LogP contribution is -2.32. The molecule has 0 aliphatic rings. The first-order chi connectivity index (χ1) is 8.86. The lowest BCUT2D eigenvalue weighted by molar-refractivity contribution is 0.305. The van der Waals surface area contributed by atoms with Crippen molar-refractivity contribution in [2.24, 2.45) is 16.3 Å². The van der Waals surface area contributed by atoms with E-state index in [1.165, 1.54) is 12.1 Å². The Bertz CT molecular complexity index is 463. The van der Waals surface area contributed by atoms with Gasteiger partial charge in [-0.15, -0.1) is 0 Å². The number of amidine groups is 1. The first kappa shape index (κ1) is 15.6. The Kier molecular flexibility index (Phi) is 5.42. The molecule has 0 aromatic heterocycles. The third-order valence-corrected chi connectivity index (χ3v) is 3.34. The Balaban J connectivity index is 2.43. The van der Waals surface area contributed by atoms with Crippen LogP contribution in [-0.4, -0.2) is 17.6 Å². The summed E-state index contributed by atoms with van der Waals surface area (Å²) >= 11 is 5.90. The van der Waals surface area contributed by atoms with Crippen LogP contribution in [0.15, 0.2) is 23.4 Å². The monoisotopic (exact) mass is 287 g/mol. The fourth-order valence-corrected chi connectivity index (χ4v) is 1.88. The van der Waals surface area contributed by atoms with Crippen LogP contribution >= 0.6 is 11.6 Å². The number of nitrogens with zero attached hydrogens (tertiary/aromatic N) is 1. The molecule has 1 aromatic carbocycles. The first-order valence-electron chi connectivity index (χ1n) is 6.04. The molecule has 4 nitrogen and oxygen atoms in total. The van der Waals surface area contributed by atoms with Crippen molar-refractivity contribution in [1.82, 2.24) is 0 Å². The van der Waals surface area contributed by atoms with E-state index in [1.807, 2.05) is 13.8 Å². The summed E-state index contributed by atoms with van der Waals surface area (Å²) in [6.07, 6.45) is 1.58. The molecule has 0 heterocycles. The van der Waals surface area contributed by atoms with Crippen molar-refractivity contribution in [2.75, 3.05) is 11.9 Å². The van der Waals surface area contributed by atoms with Crippen LogP contribution in [0.25, 0.3) is 0 Å². The molecule has 0 fully saturated rings. The van der Waals surface area contributed by atoms with Gasteiger partial charge in [0.25, 0.3) is 0 Å². The summed E-state index contributed by atoms with van der Waals surface area (Å²) in [7, 11) is 0. The third-order valence-electron chi connectivity index (χ3n) is 3.03. The molecule has 0 spiro atoms. The van der Waals surface area contributed by atoms with Gasteiger partial charge in [0.15, 0.2) is 0 Å². The molecule has 0 aliphatic heterocycles. The SMILES string of the molecule is CC(C)(CCCNc1ccc(F)cc1Cl)C(N)=NO. The van der Waals surface area contributed by atoms with Crippen LogP contribution in [-0.2, 0) is 0 Å². The Hall–Kier alpha value is -1.49. The van der Waals surface area contributed by atoms with Gasteiger partial charge in [0, 0.05) is 12.0 Å². The van der Waals surface area contributed by atoms with Gasteiger partial charge in [-0.3, -0.25) is 0 Å². The van der Waals surface area contributed by atoms with E-state index in [0.717, 1.165) is 12.8 Å². The van der Waals surface area contributed by atoms with Gasteiger partial charge >= 0.3 is 0 Å². The van der Waals surface area contributed by atoms with Gasteiger partial charge in [-0.2, -0.15) is 0 Å². The zero-order valence-electron chi connectivity index (χ0n) is 11.1. The Morgan fingerprint density at radius 1 is 1.53 bits per heavy atom. The minimum Gasteiger partial charge on any atom is -0.409 e. The third kappa shape index (κ3) is 4.59. The van der Waals surface area contributed by atoms with Gasteiger partial charge in [0.2, 0.25) is 0 Å². The van der Waals surface area contributed by atoms with Crippen LogP contribution < -0.4 is 11.1 Å². The quantitative estimate of drug-likeness (QED) is 0.247. The van der Waals surface area contributed by atoms with E-state index >= 15 is 0 Å². The van der Waals surface area contributed by atoms with Crippen molar-refractivity contribution in [3.05, 3.63) is 29.0 Å². The molecular formula is C13H19ClFN3O. The maximum atomic E-state index is 12.9. The van der Waals surface area contributed by atoms with E-state index in [0.29, 0.717) is 17.3 Å². The van der Waals surface area contributed by atoms with Gasteiger partial charge in [-0.25, -0.2) is 4.39 Å². The molecule has 4 N–H and O–H groups in total. The highest BCUT2D eigenvalue weighted by molar-refractivity contribution is 6.33. The van der Waals surface area contributed by atoms with Crippen molar-refractivity contribution < 1.29 is 9.60 Å². The van der Waals surface area contributed by atoms with Gasteiger partial charge < -0.3 is 16.3 Å². The van der Waals surface area contributed by atoms with Crippen molar-refractivity contribution in [3.8, 4) is 0 Å². The number of oxime groups is 1. The normalized spacial score (nSPS) is 12.5. The lowest BCUT2D eigenvalue weighted by atomic mass is 9.86. The average Bonchev–Trinajstić information content (AvgIpc) is 2.35. The van der Waals surface area contributed by atoms with E-state index in [-0.39, 0.29) is 17.1 Å². The molecule has 0 atom stereocenters. The highest BCUT2D eigenvalue weighted by Gasteiger charge is 2.22. The minimum absolute atomic E-state index is 0.215. The number of hydrogen-bond donors (Lipinski definition) is 3. The zero-order valence-corrected chi connectivity index (χ0v) is 11.8. The largest absolute Gasteiger partial charge is 0.409 e. The van der Waals surface area contributed by atoms with Crippen molar-refractivity contribution in [3.63, 3.8) is 0 Å². The summed E-state index contributed by atoms with van der Waals surface area (Å²) in [4.78, 5) is 0. The van der Waals surface area contributed by atoms with Crippen molar-refractivity contribution in [1.29, 1.82) is 0 Å². The second-order valence-corrected chi connectivity index (χ2v) is 5.43. The number of rotatable bonds is 6. The predicted molar refractivity (Wildman–Crippen MR) is 76.3 cm³/mol. The van der Waals surface area contributed by atoms with Crippen LogP contribution in [0.3, 0.4) is 0 Å². The second-order valence-electron chi connectivity index (χ2n) is 5.02. The van der Waals surface area contributed by atoms with E-state index in [2.05, 4.69) is 10.5 Å². The standard InChI is InChI=1S/C13H19ClFN3O/c1-13(2,12(16)18-19)6-3-7-17-11-5-4-9(15)8-10(11)14/h4-5,8,17,19H,3,6-7H2,1-2H3,(H2,16,18). The molecule has 106 valence electrons. The molecule has 0 bridgehead atoms. The van der Waals surface area contributed by atoms with Gasteiger partial charge in [0.1, 0.15) is 11.7 Å². The number of nitrogens with one attached hydrogen (secondary N) is 1. The highest BCUT2D eigenvalue weighted by atomic mass is 35.5. The zero-order chi connectivity index (χ0) is 14.5.